The van der Waals surface area contributed by atoms with Gasteiger partial charge < -0.3 is 4.74 Å². The Morgan fingerprint density at radius 1 is 1.43 bits per heavy atom. The lowest BCUT2D eigenvalue weighted by Crippen LogP contribution is -2.31. The number of hydroxylamine groups is 2. The molecule has 1 aromatic heterocycles. The smallest absolute Gasteiger partial charge is 0.311 e. The zero-order valence-electron chi connectivity index (χ0n) is 12.6. The molecular weight excluding hydrogens is 278 g/mol. The Morgan fingerprint density at radius 3 is 2.71 bits per heavy atom. The highest BCUT2D eigenvalue weighted by molar-refractivity contribution is 5.86. The van der Waals surface area contributed by atoms with Crippen LogP contribution < -0.4 is 0 Å². The van der Waals surface area contributed by atoms with Crippen LogP contribution in [0, 0.1) is 12.8 Å². The summed E-state index contributed by atoms with van der Waals surface area (Å²) in [5.74, 6) is -1.14. The summed E-state index contributed by atoms with van der Waals surface area (Å²) in [6.45, 7) is 7.34. The Hall–Kier alpha value is -1.96. The van der Waals surface area contributed by atoms with E-state index < -0.39 is 11.5 Å². The summed E-state index contributed by atoms with van der Waals surface area (Å²) < 4.78 is 9.82. The fraction of sp³-hybridized carbons (Fsp3) is 0.692. The average Bonchev–Trinajstić information content (AvgIpc) is 2.91. The van der Waals surface area contributed by atoms with Gasteiger partial charge in [-0.25, -0.2) is 9.69 Å². The van der Waals surface area contributed by atoms with Crippen molar-refractivity contribution in [3.63, 3.8) is 0 Å². The summed E-state index contributed by atoms with van der Waals surface area (Å²) in [6.07, 6.45) is 0.0883. The number of aryl methyl sites for hydroxylation is 1. The predicted molar refractivity (Wildman–Crippen MR) is 69.5 cm³/mol. The number of carbonyl (C=O) groups excluding carboxylic acids is 2. The lowest BCUT2D eigenvalue weighted by Gasteiger charge is -2.21. The molecule has 8 nitrogen and oxygen atoms in total. The van der Waals surface area contributed by atoms with Gasteiger partial charge in [0, 0.05) is 6.42 Å². The highest BCUT2D eigenvalue weighted by Gasteiger charge is 2.37. The van der Waals surface area contributed by atoms with Crippen LogP contribution in [0.3, 0.4) is 0 Å². The maximum atomic E-state index is 11.9. The second kappa shape index (κ2) is 5.80. The standard InChI is InChI=1S/C13H19N3O5/c1-8-10(15-21-14-8)7-19-16-6-9(5-11(16)17)12(18)20-13(2,3)4/h9H,5-7H2,1-4H3. The van der Waals surface area contributed by atoms with Crippen LogP contribution in [0.1, 0.15) is 38.6 Å². The van der Waals surface area contributed by atoms with Gasteiger partial charge in [0.25, 0.3) is 0 Å². The van der Waals surface area contributed by atoms with Crippen LogP contribution in [-0.4, -0.2) is 39.4 Å². The van der Waals surface area contributed by atoms with Crippen molar-refractivity contribution in [3.05, 3.63) is 11.4 Å². The molecule has 1 atom stereocenters. The van der Waals surface area contributed by atoms with E-state index in [0.29, 0.717) is 11.4 Å². The van der Waals surface area contributed by atoms with E-state index in [2.05, 4.69) is 14.9 Å². The van der Waals surface area contributed by atoms with E-state index >= 15 is 0 Å². The van der Waals surface area contributed by atoms with Crippen molar-refractivity contribution in [2.24, 2.45) is 5.92 Å². The van der Waals surface area contributed by atoms with Crippen LogP contribution in [0.5, 0.6) is 0 Å². The first-order valence-corrected chi connectivity index (χ1v) is 6.70. The van der Waals surface area contributed by atoms with Gasteiger partial charge >= 0.3 is 5.97 Å². The number of rotatable bonds is 4. The third-order valence-corrected chi connectivity index (χ3v) is 2.93. The second-order valence-electron chi connectivity index (χ2n) is 5.96. The Morgan fingerprint density at radius 2 is 2.14 bits per heavy atom. The first kappa shape index (κ1) is 15.4. The Labute approximate surface area is 122 Å². The molecule has 0 saturated carbocycles. The van der Waals surface area contributed by atoms with Crippen LogP contribution in [0.4, 0.5) is 0 Å². The minimum Gasteiger partial charge on any atom is -0.460 e. The third kappa shape index (κ3) is 4.01. The monoisotopic (exact) mass is 297 g/mol. The topological polar surface area (TPSA) is 94.8 Å². The van der Waals surface area contributed by atoms with E-state index in [0.717, 1.165) is 0 Å². The van der Waals surface area contributed by atoms with E-state index in [9.17, 15) is 9.59 Å². The molecule has 21 heavy (non-hydrogen) atoms. The summed E-state index contributed by atoms with van der Waals surface area (Å²) >= 11 is 0. The predicted octanol–water partition coefficient (Wildman–Crippen LogP) is 1.000. The number of amides is 1. The highest BCUT2D eigenvalue weighted by atomic mass is 16.7. The number of esters is 1. The molecule has 2 heterocycles. The van der Waals surface area contributed by atoms with Gasteiger partial charge in [-0.1, -0.05) is 10.3 Å². The van der Waals surface area contributed by atoms with Gasteiger partial charge in [-0.15, -0.1) is 0 Å². The van der Waals surface area contributed by atoms with E-state index in [1.807, 2.05) is 0 Å². The number of nitrogens with zero attached hydrogens (tertiary/aromatic N) is 3. The number of ether oxygens (including phenoxy) is 1. The summed E-state index contributed by atoms with van der Waals surface area (Å²) in [5.41, 5.74) is 0.548. The van der Waals surface area contributed by atoms with Crippen molar-refractivity contribution in [1.82, 2.24) is 15.4 Å². The molecule has 2 rings (SSSR count). The zero-order valence-corrected chi connectivity index (χ0v) is 12.6. The van der Waals surface area contributed by atoms with Gasteiger partial charge in [-0.2, -0.15) is 0 Å². The molecule has 1 aliphatic rings. The molecular formula is C13H19N3O5. The van der Waals surface area contributed by atoms with Crippen LogP contribution in [0.2, 0.25) is 0 Å². The van der Waals surface area contributed by atoms with E-state index in [-0.39, 0.29) is 31.4 Å². The van der Waals surface area contributed by atoms with Crippen molar-refractivity contribution < 1.29 is 23.8 Å². The lowest BCUT2D eigenvalue weighted by molar-refractivity contribution is -0.184. The summed E-state index contributed by atoms with van der Waals surface area (Å²) in [7, 11) is 0. The molecule has 116 valence electrons. The van der Waals surface area contributed by atoms with Gasteiger partial charge in [0.1, 0.15) is 23.6 Å². The minimum atomic E-state index is -0.572. The summed E-state index contributed by atoms with van der Waals surface area (Å²) in [6, 6.07) is 0. The second-order valence-corrected chi connectivity index (χ2v) is 5.96. The fourth-order valence-electron chi connectivity index (χ4n) is 1.87. The SMILES string of the molecule is Cc1nonc1CON1CC(C(=O)OC(C)(C)C)CC1=O. The Balaban J connectivity index is 1.88. The number of carbonyl (C=O) groups is 2. The first-order chi connectivity index (χ1) is 9.76. The molecule has 1 saturated heterocycles. The van der Waals surface area contributed by atoms with Crippen molar-refractivity contribution >= 4 is 11.9 Å². The van der Waals surface area contributed by atoms with E-state index in [4.69, 9.17) is 9.57 Å². The van der Waals surface area contributed by atoms with Gasteiger partial charge in [0.05, 0.1) is 12.5 Å². The first-order valence-electron chi connectivity index (χ1n) is 6.70. The molecule has 0 aliphatic carbocycles. The van der Waals surface area contributed by atoms with Gasteiger partial charge in [0.15, 0.2) is 0 Å². The van der Waals surface area contributed by atoms with Crippen LogP contribution in [0.15, 0.2) is 4.63 Å². The molecule has 0 aromatic carbocycles. The number of hydrogen-bond donors (Lipinski definition) is 0. The van der Waals surface area contributed by atoms with E-state index in [1.165, 1.54) is 5.06 Å². The van der Waals surface area contributed by atoms with Crippen molar-refractivity contribution in [2.45, 2.75) is 46.3 Å². The molecule has 0 spiro atoms. The minimum absolute atomic E-state index is 0.0715. The zero-order chi connectivity index (χ0) is 15.6. The quantitative estimate of drug-likeness (QED) is 0.765. The van der Waals surface area contributed by atoms with Crippen molar-refractivity contribution in [3.8, 4) is 0 Å². The molecule has 8 heteroatoms. The molecule has 0 bridgehead atoms. The maximum absolute atomic E-state index is 11.9. The molecule has 0 radical (unpaired) electrons. The number of hydrogen-bond acceptors (Lipinski definition) is 7. The van der Waals surface area contributed by atoms with Crippen molar-refractivity contribution in [1.29, 1.82) is 0 Å². The highest BCUT2D eigenvalue weighted by Crippen LogP contribution is 2.22. The normalized spacial score (nSPS) is 19.1. The summed E-state index contributed by atoms with van der Waals surface area (Å²) in [5, 5.41) is 8.45. The Kier molecular flexibility index (Phi) is 4.26. The molecule has 1 aliphatic heterocycles. The molecule has 1 aromatic rings. The molecule has 1 unspecified atom stereocenters. The van der Waals surface area contributed by atoms with Crippen LogP contribution in [0.25, 0.3) is 0 Å². The van der Waals surface area contributed by atoms with E-state index in [1.54, 1.807) is 27.7 Å². The molecule has 0 N–H and O–H groups in total. The largest absolute Gasteiger partial charge is 0.460 e. The Bertz CT molecular complexity index is 534. The van der Waals surface area contributed by atoms with Gasteiger partial charge in [-0.05, 0) is 27.7 Å². The summed E-state index contributed by atoms with van der Waals surface area (Å²) in [4.78, 5) is 29.1. The fourth-order valence-corrected chi connectivity index (χ4v) is 1.87. The number of aromatic nitrogens is 2. The van der Waals surface area contributed by atoms with Gasteiger partial charge in [0.2, 0.25) is 5.91 Å². The van der Waals surface area contributed by atoms with Crippen molar-refractivity contribution in [2.75, 3.05) is 6.54 Å². The lowest BCUT2D eigenvalue weighted by atomic mass is 10.1. The average molecular weight is 297 g/mol. The third-order valence-electron chi connectivity index (χ3n) is 2.93. The maximum Gasteiger partial charge on any atom is 0.311 e. The van der Waals surface area contributed by atoms with Gasteiger partial charge in [-0.3, -0.25) is 14.4 Å². The van der Waals surface area contributed by atoms with Crippen LogP contribution in [-0.2, 0) is 25.8 Å². The molecule has 1 amide bonds. The molecule has 1 fully saturated rings. The van der Waals surface area contributed by atoms with Crippen LogP contribution >= 0.6 is 0 Å².